The van der Waals surface area contributed by atoms with Crippen molar-refractivity contribution in [1.29, 1.82) is 0 Å². The maximum Gasteiger partial charge on any atom is 0.414 e. The fraction of sp³-hybridized carbons (Fsp3) is 0.348. The normalized spacial score (nSPS) is 18.6. The van der Waals surface area contributed by atoms with E-state index in [4.69, 9.17) is 14.2 Å². The van der Waals surface area contributed by atoms with Crippen LogP contribution in [0.4, 0.5) is 16.2 Å². The molecule has 2 fully saturated rings. The number of carbonyl (C=O) groups is 1. The molecule has 0 radical (unpaired) electrons. The molecule has 1 aromatic carbocycles. The molecule has 2 aliphatic rings. The van der Waals surface area contributed by atoms with Crippen molar-refractivity contribution in [2.24, 2.45) is 0 Å². The van der Waals surface area contributed by atoms with E-state index in [1.807, 2.05) is 42.5 Å². The summed E-state index contributed by atoms with van der Waals surface area (Å²) in [5.74, 6) is 1.33. The zero-order chi connectivity index (χ0) is 22.1. The Morgan fingerprint density at radius 1 is 1.06 bits per heavy atom. The number of methoxy groups -OCH3 is 2. The number of cyclic esters (lactones) is 1. The highest BCUT2D eigenvalue weighted by molar-refractivity contribution is 5.90. The largest absolute Gasteiger partial charge is 0.497 e. The predicted molar refractivity (Wildman–Crippen MR) is 121 cm³/mol. The van der Waals surface area contributed by atoms with Crippen molar-refractivity contribution in [3.63, 3.8) is 0 Å². The van der Waals surface area contributed by atoms with Crippen LogP contribution in [-0.4, -0.2) is 68.6 Å². The second-order valence-corrected chi connectivity index (χ2v) is 7.88. The van der Waals surface area contributed by atoms with Gasteiger partial charge < -0.3 is 24.4 Å². The summed E-state index contributed by atoms with van der Waals surface area (Å²) in [7, 11) is 3.23. The van der Waals surface area contributed by atoms with Gasteiger partial charge in [0.05, 0.1) is 32.0 Å². The first-order valence-electron chi connectivity index (χ1n) is 10.5. The van der Waals surface area contributed by atoms with Crippen LogP contribution in [0.25, 0.3) is 11.0 Å². The Kier molecular flexibility index (Phi) is 5.40. The number of ether oxygens (including phenoxy) is 3. The molecule has 166 valence electrons. The van der Waals surface area contributed by atoms with Crippen LogP contribution in [0, 0.1) is 0 Å². The number of pyridine rings is 2. The maximum atomic E-state index is 12.3. The molecule has 2 aliphatic heterocycles. The highest BCUT2D eigenvalue weighted by Crippen LogP contribution is 2.29. The molecule has 0 spiro atoms. The second kappa shape index (κ2) is 8.51. The van der Waals surface area contributed by atoms with Gasteiger partial charge in [-0.1, -0.05) is 0 Å². The summed E-state index contributed by atoms with van der Waals surface area (Å²) < 4.78 is 16.0. The molecule has 1 unspecified atom stereocenters. The monoisotopic (exact) mass is 435 g/mol. The van der Waals surface area contributed by atoms with E-state index in [1.54, 1.807) is 25.3 Å². The van der Waals surface area contributed by atoms with Crippen LogP contribution in [0.1, 0.15) is 0 Å². The number of benzene rings is 1. The van der Waals surface area contributed by atoms with Crippen LogP contribution in [0.2, 0.25) is 0 Å². The number of carbonyl (C=O) groups excluding carboxylic acids is 1. The van der Waals surface area contributed by atoms with Gasteiger partial charge in [0.25, 0.3) is 0 Å². The minimum absolute atomic E-state index is 0.189. The first kappa shape index (κ1) is 20.3. The Morgan fingerprint density at radius 3 is 2.62 bits per heavy atom. The molecule has 2 aromatic heterocycles. The molecule has 0 saturated carbocycles. The summed E-state index contributed by atoms with van der Waals surface area (Å²) in [5.41, 5.74) is 3.53. The Balaban J connectivity index is 1.15. The highest BCUT2D eigenvalue weighted by atomic mass is 16.6. The molecule has 2 saturated heterocycles. The number of nitrogens with zero attached hydrogens (tertiary/aromatic N) is 4. The van der Waals surface area contributed by atoms with E-state index in [0.717, 1.165) is 41.2 Å². The molecule has 9 heteroatoms. The third-order valence-electron chi connectivity index (χ3n) is 5.86. The van der Waals surface area contributed by atoms with Crippen molar-refractivity contribution in [2.75, 3.05) is 50.2 Å². The Labute approximate surface area is 185 Å². The molecule has 9 nitrogen and oxygen atoms in total. The lowest BCUT2D eigenvalue weighted by molar-refractivity contribution is 0.137. The molecule has 3 aromatic rings. The molecular weight excluding hydrogens is 410 g/mol. The van der Waals surface area contributed by atoms with E-state index in [9.17, 15) is 4.79 Å². The van der Waals surface area contributed by atoms with E-state index >= 15 is 0 Å². The number of nitrogens with one attached hydrogen (secondary N) is 1. The number of hydrogen-bond donors (Lipinski definition) is 1. The minimum Gasteiger partial charge on any atom is -0.497 e. The third kappa shape index (κ3) is 3.87. The van der Waals surface area contributed by atoms with Gasteiger partial charge >= 0.3 is 6.09 Å². The standard InChI is InChI=1S/C23H25N5O4/c1-30-17-5-3-16(4-6-17)28-14-18(32-23(28)29)11-25-15-12-27(13-15)20-9-10-24-19-7-8-21(31-2)26-22(19)20/h3-10,15,18,25H,11-14H2,1-2H3. The zero-order valence-corrected chi connectivity index (χ0v) is 18.0. The Morgan fingerprint density at radius 2 is 1.88 bits per heavy atom. The number of aromatic nitrogens is 2. The van der Waals surface area contributed by atoms with Gasteiger partial charge in [-0.2, -0.15) is 0 Å². The quantitative estimate of drug-likeness (QED) is 0.606. The van der Waals surface area contributed by atoms with Crippen LogP contribution in [-0.2, 0) is 4.74 Å². The third-order valence-corrected chi connectivity index (χ3v) is 5.86. The summed E-state index contributed by atoms with van der Waals surface area (Å²) in [6, 6.07) is 13.4. The van der Waals surface area contributed by atoms with Gasteiger partial charge in [-0.15, -0.1) is 0 Å². The van der Waals surface area contributed by atoms with Crippen LogP contribution in [0.5, 0.6) is 11.6 Å². The molecule has 4 heterocycles. The second-order valence-electron chi connectivity index (χ2n) is 7.88. The van der Waals surface area contributed by atoms with Gasteiger partial charge in [0.15, 0.2) is 0 Å². The van der Waals surface area contributed by atoms with E-state index in [1.165, 1.54) is 0 Å². The number of anilines is 2. The molecule has 32 heavy (non-hydrogen) atoms. The van der Waals surface area contributed by atoms with Gasteiger partial charge in [-0.3, -0.25) is 9.88 Å². The smallest absolute Gasteiger partial charge is 0.414 e. The van der Waals surface area contributed by atoms with Crippen LogP contribution in [0.15, 0.2) is 48.7 Å². The van der Waals surface area contributed by atoms with Crippen LogP contribution < -0.4 is 24.6 Å². The number of fused-ring (bicyclic) bond motifs is 1. The molecule has 5 rings (SSSR count). The SMILES string of the molecule is COc1ccc(N2CC(CNC3CN(c4ccnc5ccc(OC)nc45)C3)OC2=O)cc1. The summed E-state index contributed by atoms with van der Waals surface area (Å²) >= 11 is 0. The molecule has 0 aliphatic carbocycles. The van der Waals surface area contributed by atoms with Gasteiger partial charge in [0, 0.05) is 43.6 Å². The summed E-state index contributed by atoms with van der Waals surface area (Å²) in [6.07, 6.45) is 1.30. The predicted octanol–water partition coefficient (Wildman–Crippen LogP) is 2.45. The molecule has 1 N–H and O–H groups in total. The molecular formula is C23H25N5O4. The van der Waals surface area contributed by atoms with Crippen LogP contribution >= 0.6 is 0 Å². The lowest BCUT2D eigenvalue weighted by atomic mass is 10.1. The van der Waals surface area contributed by atoms with E-state index in [0.29, 0.717) is 25.0 Å². The van der Waals surface area contributed by atoms with Crippen molar-refractivity contribution in [3.8, 4) is 11.6 Å². The Bertz CT molecular complexity index is 1120. The number of amides is 1. The van der Waals surface area contributed by atoms with Crippen molar-refractivity contribution in [1.82, 2.24) is 15.3 Å². The average molecular weight is 435 g/mol. The summed E-state index contributed by atoms with van der Waals surface area (Å²) in [4.78, 5) is 25.2. The highest BCUT2D eigenvalue weighted by Gasteiger charge is 2.34. The minimum atomic E-state index is -0.319. The molecule has 0 bridgehead atoms. The van der Waals surface area contributed by atoms with Crippen molar-refractivity contribution in [3.05, 3.63) is 48.7 Å². The fourth-order valence-electron chi connectivity index (χ4n) is 4.07. The zero-order valence-electron chi connectivity index (χ0n) is 18.0. The lowest BCUT2D eigenvalue weighted by Crippen LogP contribution is -2.59. The van der Waals surface area contributed by atoms with Crippen molar-refractivity contribution < 1.29 is 19.0 Å². The van der Waals surface area contributed by atoms with Crippen molar-refractivity contribution in [2.45, 2.75) is 12.1 Å². The average Bonchev–Trinajstić information content (AvgIpc) is 3.18. The lowest BCUT2D eigenvalue weighted by Gasteiger charge is -2.41. The summed E-state index contributed by atoms with van der Waals surface area (Å²) in [5, 5.41) is 3.52. The van der Waals surface area contributed by atoms with Crippen LogP contribution in [0.3, 0.4) is 0 Å². The fourth-order valence-corrected chi connectivity index (χ4v) is 4.07. The van der Waals surface area contributed by atoms with E-state index < -0.39 is 0 Å². The van der Waals surface area contributed by atoms with Crippen molar-refractivity contribution >= 4 is 28.5 Å². The maximum absolute atomic E-state index is 12.3. The molecule has 1 atom stereocenters. The number of hydrogen-bond acceptors (Lipinski definition) is 8. The van der Waals surface area contributed by atoms with Gasteiger partial charge in [0.1, 0.15) is 17.4 Å². The van der Waals surface area contributed by atoms with E-state index in [-0.39, 0.29) is 12.2 Å². The summed E-state index contributed by atoms with van der Waals surface area (Å²) in [6.45, 7) is 2.83. The Hall–Kier alpha value is -3.59. The topological polar surface area (TPSA) is 89.1 Å². The van der Waals surface area contributed by atoms with Gasteiger partial charge in [0.2, 0.25) is 5.88 Å². The number of rotatable bonds is 7. The van der Waals surface area contributed by atoms with Gasteiger partial charge in [-0.25, -0.2) is 9.78 Å². The first-order chi connectivity index (χ1) is 15.6. The van der Waals surface area contributed by atoms with E-state index in [2.05, 4.69) is 20.2 Å². The first-order valence-corrected chi connectivity index (χ1v) is 10.5. The van der Waals surface area contributed by atoms with Gasteiger partial charge in [-0.05, 0) is 36.4 Å². The molecule has 1 amide bonds.